The molecule has 3 aliphatic rings. The molecule has 2 fully saturated rings. The smallest absolute Gasteiger partial charge is 0.338 e. The van der Waals surface area contributed by atoms with Gasteiger partial charge < -0.3 is 9.47 Å². The van der Waals surface area contributed by atoms with Gasteiger partial charge in [-0.1, -0.05) is 6.92 Å². The first-order valence-electron chi connectivity index (χ1n) is 7.43. The van der Waals surface area contributed by atoms with Gasteiger partial charge in [0.15, 0.2) is 0 Å². The minimum absolute atomic E-state index is 0.219. The predicted octanol–water partition coefficient (Wildman–Crippen LogP) is 2.08. The molecule has 0 aromatic heterocycles. The Kier molecular flexibility index (Phi) is 2.74. The summed E-state index contributed by atoms with van der Waals surface area (Å²) in [5.41, 5.74) is 1.63. The van der Waals surface area contributed by atoms with Crippen LogP contribution in [0, 0.1) is 11.8 Å². The summed E-state index contributed by atoms with van der Waals surface area (Å²) in [6.45, 7) is 5.93. The highest BCUT2D eigenvalue weighted by Crippen LogP contribution is 2.46. The lowest BCUT2D eigenvalue weighted by molar-refractivity contribution is 0.0534. The average Bonchev–Trinajstić information content (AvgIpc) is 3.16. The number of ether oxygens (including phenoxy) is 2. The van der Waals surface area contributed by atoms with E-state index in [2.05, 4.69) is 11.8 Å². The highest BCUT2D eigenvalue weighted by Gasteiger charge is 2.48. The molecule has 0 radical (unpaired) electrons. The van der Waals surface area contributed by atoms with Crippen molar-refractivity contribution in [3.8, 4) is 5.75 Å². The molecule has 2 heterocycles. The van der Waals surface area contributed by atoms with Gasteiger partial charge >= 0.3 is 5.97 Å². The monoisotopic (exact) mass is 273 g/mol. The van der Waals surface area contributed by atoms with E-state index in [4.69, 9.17) is 9.47 Å². The van der Waals surface area contributed by atoms with E-state index >= 15 is 0 Å². The van der Waals surface area contributed by atoms with Crippen LogP contribution < -0.4 is 4.74 Å². The minimum Gasteiger partial charge on any atom is -0.489 e. The van der Waals surface area contributed by atoms with Crippen molar-refractivity contribution in [2.75, 3.05) is 19.6 Å². The number of carbonyl (C=O) groups excluding carboxylic acids is 1. The maximum Gasteiger partial charge on any atom is 0.338 e. The summed E-state index contributed by atoms with van der Waals surface area (Å²) < 4.78 is 11.2. The SMILES string of the molecule is CCN1C[C@@H]2C[C@@H]2[C@@H](Oc2ccc3c(c2)COC3=O)C1. The molecule has 4 nitrogen and oxygen atoms in total. The van der Waals surface area contributed by atoms with Crippen molar-refractivity contribution in [3.05, 3.63) is 29.3 Å². The zero-order valence-electron chi connectivity index (χ0n) is 11.7. The molecule has 2 aliphatic heterocycles. The Hall–Kier alpha value is -1.55. The second-order valence-electron chi connectivity index (χ2n) is 6.06. The molecular weight excluding hydrogens is 254 g/mol. The third kappa shape index (κ3) is 1.99. The zero-order valence-corrected chi connectivity index (χ0v) is 11.7. The summed E-state index contributed by atoms with van der Waals surface area (Å²) >= 11 is 0. The average molecular weight is 273 g/mol. The van der Waals surface area contributed by atoms with Gasteiger partial charge in [0.2, 0.25) is 0 Å². The number of hydrogen-bond donors (Lipinski definition) is 0. The van der Waals surface area contributed by atoms with Crippen LogP contribution >= 0.6 is 0 Å². The molecule has 1 aromatic rings. The van der Waals surface area contributed by atoms with Crippen LogP contribution in [0.25, 0.3) is 0 Å². The Balaban J connectivity index is 1.50. The lowest BCUT2D eigenvalue weighted by Gasteiger charge is -2.31. The molecule has 20 heavy (non-hydrogen) atoms. The lowest BCUT2D eigenvalue weighted by Crippen LogP contribution is -2.42. The molecular formula is C16H19NO3. The van der Waals surface area contributed by atoms with E-state index < -0.39 is 0 Å². The number of carbonyl (C=O) groups is 1. The number of benzene rings is 1. The maximum atomic E-state index is 11.4. The Bertz CT molecular complexity index is 557. The fourth-order valence-corrected chi connectivity index (χ4v) is 3.47. The summed E-state index contributed by atoms with van der Waals surface area (Å²) in [4.78, 5) is 13.9. The normalized spacial score (nSPS) is 31.4. The second-order valence-corrected chi connectivity index (χ2v) is 6.06. The van der Waals surface area contributed by atoms with E-state index in [0.717, 1.165) is 36.2 Å². The van der Waals surface area contributed by atoms with Crippen LogP contribution in [0.4, 0.5) is 0 Å². The van der Waals surface area contributed by atoms with Crippen LogP contribution in [0.2, 0.25) is 0 Å². The van der Waals surface area contributed by atoms with Crippen molar-refractivity contribution in [2.24, 2.45) is 11.8 Å². The minimum atomic E-state index is -0.219. The third-order valence-corrected chi connectivity index (χ3v) is 4.78. The summed E-state index contributed by atoms with van der Waals surface area (Å²) in [6, 6.07) is 5.68. The maximum absolute atomic E-state index is 11.4. The summed E-state index contributed by atoms with van der Waals surface area (Å²) in [7, 11) is 0. The molecule has 1 aliphatic carbocycles. The van der Waals surface area contributed by atoms with E-state index in [1.165, 1.54) is 13.0 Å². The van der Waals surface area contributed by atoms with Crippen molar-refractivity contribution in [1.82, 2.24) is 4.90 Å². The van der Waals surface area contributed by atoms with Crippen molar-refractivity contribution >= 4 is 5.97 Å². The number of piperidine rings is 1. The molecule has 0 N–H and O–H groups in total. The summed E-state index contributed by atoms with van der Waals surface area (Å²) in [5, 5.41) is 0. The lowest BCUT2D eigenvalue weighted by atomic mass is 10.1. The third-order valence-electron chi connectivity index (χ3n) is 4.78. The molecule has 0 spiro atoms. The van der Waals surface area contributed by atoms with Gasteiger partial charge in [-0.2, -0.15) is 0 Å². The van der Waals surface area contributed by atoms with Crippen LogP contribution in [0.1, 0.15) is 29.3 Å². The van der Waals surface area contributed by atoms with Crippen molar-refractivity contribution in [2.45, 2.75) is 26.1 Å². The van der Waals surface area contributed by atoms with Crippen molar-refractivity contribution < 1.29 is 14.3 Å². The van der Waals surface area contributed by atoms with Gasteiger partial charge in [-0.15, -0.1) is 0 Å². The van der Waals surface area contributed by atoms with Gasteiger partial charge in [0, 0.05) is 24.6 Å². The van der Waals surface area contributed by atoms with Crippen molar-refractivity contribution in [1.29, 1.82) is 0 Å². The predicted molar refractivity (Wildman–Crippen MR) is 73.7 cm³/mol. The fraction of sp³-hybridized carbons (Fsp3) is 0.562. The van der Waals surface area contributed by atoms with Gasteiger partial charge in [-0.25, -0.2) is 4.79 Å². The number of nitrogens with zero attached hydrogens (tertiary/aromatic N) is 1. The number of hydrogen-bond acceptors (Lipinski definition) is 4. The van der Waals surface area contributed by atoms with E-state index in [0.29, 0.717) is 18.3 Å². The number of esters is 1. The topological polar surface area (TPSA) is 38.8 Å². The Labute approximate surface area is 118 Å². The van der Waals surface area contributed by atoms with Gasteiger partial charge in [-0.05, 0) is 37.1 Å². The van der Waals surface area contributed by atoms with Gasteiger partial charge in [0.1, 0.15) is 18.5 Å². The zero-order chi connectivity index (χ0) is 13.7. The van der Waals surface area contributed by atoms with Crippen molar-refractivity contribution in [3.63, 3.8) is 0 Å². The number of rotatable bonds is 3. The number of likely N-dealkylation sites (tertiary alicyclic amines) is 1. The largest absolute Gasteiger partial charge is 0.489 e. The van der Waals surface area contributed by atoms with Gasteiger partial charge in [0.05, 0.1) is 5.56 Å². The highest BCUT2D eigenvalue weighted by atomic mass is 16.5. The van der Waals surface area contributed by atoms with Crippen LogP contribution in [0.3, 0.4) is 0 Å². The summed E-state index contributed by atoms with van der Waals surface area (Å²) in [6.07, 6.45) is 1.60. The number of cyclic esters (lactones) is 1. The second kappa shape index (κ2) is 4.48. The van der Waals surface area contributed by atoms with Gasteiger partial charge in [0.25, 0.3) is 0 Å². The molecule has 1 saturated heterocycles. The highest BCUT2D eigenvalue weighted by molar-refractivity contribution is 5.93. The van der Waals surface area contributed by atoms with Crippen LogP contribution in [0.15, 0.2) is 18.2 Å². The molecule has 0 bridgehead atoms. The van der Waals surface area contributed by atoms with Crippen LogP contribution in [0.5, 0.6) is 5.75 Å². The summed E-state index contributed by atoms with van der Waals surface area (Å²) in [5.74, 6) is 2.20. The molecule has 0 amide bonds. The number of likely N-dealkylation sites (N-methyl/N-ethyl adjacent to an activating group) is 1. The molecule has 4 heteroatoms. The number of fused-ring (bicyclic) bond motifs is 2. The Morgan fingerprint density at radius 2 is 2.30 bits per heavy atom. The van der Waals surface area contributed by atoms with E-state index in [1.54, 1.807) is 0 Å². The molecule has 1 aromatic carbocycles. The molecule has 3 atom stereocenters. The van der Waals surface area contributed by atoms with Crippen LogP contribution in [-0.4, -0.2) is 36.6 Å². The first-order valence-corrected chi connectivity index (χ1v) is 7.43. The fourth-order valence-electron chi connectivity index (χ4n) is 3.47. The Morgan fingerprint density at radius 3 is 3.15 bits per heavy atom. The van der Waals surface area contributed by atoms with E-state index in [1.807, 2.05) is 18.2 Å². The Morgan fingerprint density at radius 1 is 1.40 bits per heavy atom. The molecule has 1 saturated carbocycles. The molecule has 0 unspecified atom stereocenters. The first-order chi connectivity index (χ1) is 9.74. The molecule has 4 rings (SSSR count). The van der Waals surface area contributed by atoms with Gasteiger partial charge in [-0.3, -0.25) is 4.90 Å². The first kappa shape index (κ1) is 12.2. The quantitative estimate of drug-likeness (QED) is 0.790. The molecule has 106 valence electrons. The standard InChI is InChI=1S/C16H19NO3/c1-2-17-7-10-6-14(10)15(8-17)20-12-3-4-13-11(5-12)9-19-16(13)18/h3-5,10,14-15H,2,6-9H2,1H3/t10-,14-,15-/m0/s1. The van der Waals surface area contributed by atoms with E-state index in [-0.39, 0.29) is 5.97 Å². The van der Waals surface area contributed by atoms with Crippen LogP contribution in [-0.2, 0) is 11.3 Å². The van der Waals surface area contributed by atoms with E-state index in [9.17, 15) is 4.79 Å².